The maximum absolute atomic E-state index is 14.3. The number of amidine groups is 1. The van der Waals surface area contributed by atoms with E-state index in [-0.39, 0.29) is 30.2 Å². The molecule has 11 heteroatoms. The number of aliphatic imine (C=N–C) groups is 1. The molecule has 1 fully saturated rings. The molecule has 1 atom stereocenters. The Morgan fingerprint density at radius 1 is 1.18 bits per heavy atom. The first-order valence-corrected chi connectivity index (χ1v) is 13.6. The van der Waals surface area contributed by atoms with Crippen molar-refractivity contribution in [1.29, 1.82) is 0 Å². The Balaban J connectivity index is 0.000000317. The van der Waals surface area contributed by atoms with Crippen molar-refractivity contribution in [3.05, 3.63) is 89.5 Å². The second-order valence-electron chi connectivity index (χ2n) is 9.27. The number of hydrogen-bond acceptors (Lipinski definition) is 8. The van der Waals surface area contributed by atoms with Crippen LogP contribution in [0.2, 0.25) is 0 Å². The van der Waals surface area contributed by atoms with Crippen LogP contribution in [0, 0.1) is 12.7 Å². The summed E-state index contributed by atoms with van der Waals surface area (Å²) in [5.41, 5.74) is 8.69. The van der Waals surface area contributed by atoms with Crippen LogP contribution in [0.4, 0.5) is 10.1 Å². The lowest BCUT2D eigenvalue weighted by Gasteiger charge is -2.50. The molecule has 0 saturated carbocycles. The number of carbonyl (C=O) groups is 1. The third-order valence-electron chi connectivity index (χ3n) is 6.64. The molecule has 0 radical (unpaired) electrons. The Bertz CT molecular complexity index is 1410. The fraction of sp³-hybridized carbons (Fsp3) is 0.296. The lowest BCUT2D eigenvalue weighted by molar-refractivity contribution is -0.105. The highest BCUT2D eigenvalue weighted by molar-refractivity contribution is 7.93. The Morgan fingerprint density at radius 2 is 1.92 bits per heavy atom. The minimum Gasteiger partial charge on any atom is -0.495 e. The monoisotopic (exact) mass is 539 g/mol. The van der Waals surface area contributed by atoms with Gasteiger partial charge >= 0.3 is 0 Å². The molecule has 1 unspecified atom stereocenters. The van der Waals surface area contributed by atoms with Crippen molar-refractivity contribution in [3.63, 3.8) is 0 Å². The van der Waals surface area contributed by atoms with Crippen LogP contribution in [0.3, 0.4) is 0 Å². The molecule has 3 N–H and O–H groups in total. The van der Waals surface area contributed by atoms with Gasteiger partial charge in [-0.25, -0.2) is 12.8 Å². The lowest BCUT2D eigenvalue weighted by atomic mass is 9.95. The van der Waals surface area contributed by atoms with Gasteiger partial charge in [-0.3, -0.25) is 19.7 Å². The van der Waals surface area contributed by atoms with E-state index in [1.54, 1.807) is 13.3 Å². The van der Waals surface area contributed by atoms with Gasteiger partial charge in [-0.15, -0.1) is 0 Å². The summed E-state index contributed by atoms with van der Waals surface area (Å²) in [5.74, 6) is -0.0887. The number of nitrogens with one attached hydrogen (secondary N) is 1. The molecule has 5 rings (SSSR count). The number of sulfone groups is 1. The highest BCUT2D eigenvalue weighted by Crippen LogP contribution is 2.39. The number of benzene rings is 2. The number of anilines is 1. The molecule has 0 aliphatic carbocycles. The van der Waals surface area contributed by atoms with Crippen molar-refractivity contribution in [2.45, 2.75) is 24.3 Å². The van der Waals surface area contributed by atoms with Gasteiger partial charge < -0.3 is 15.8 Å². The van der Waals surface area contributed by atoms with E-state index in [1.165, 1.54) is 18.2 Å². The van der Waals surface area contributed by atoms with Gasteiger partial charge in [0.2, 0.25) is 6.41 Å². The number of pyridine rings is 1. The minimum absolute atomic E-state index is 0.0196. The minimum atomic E-state index is -3.65. The second-order valence-corrected chi connectivity index (χ2v) is 11.6. The quantitative estimate of drug-likeness (QED) is 0.461. The van der Waals surface area contributed by atoms with Gasteiger partial charge in [0.1, 0.15) is 17.4 Å². The summed E-state index contributed by atoms with van der Waals surface area (Å²) in [4.78, 5) is 21.0. The number of rotatable bonds is 6. The van der Waals surface area contributed by atoms with Crippen LogP contribution >= 0.6 is 0 Å². The number of ether oxygens (including phenoxy) is 1. The Morgan fingerprint density at radius 3 is 2.53 bits per heavy atom. The number of aromatic nitrogens is 1. The van der Waals surface area contributed by atoms with Gasteiger partial charge in [-0.1, -0.05) is 30.3 Å². The molecule has 1 spiro atoms. The van der Waals surface area contributed by atoms with E-state index in [9.17, 15) is 17.6 Å². The number of carbonyl (C=O) groups excluding carboxylic acids is 1. The van der Waals surface area contributed by atoms with E-state index in [0.29, 0.717) is 18.6 Å². The Kier molecular flexibility index (Phi) is 8.08. The molecule has 3 heterocycles. The molecule has 38 heavy (non-hydrogen) atoms. The molecule has 1 amide bonds. The molecule has 9 nitrogen and oxygen atoms in total. The summed E-state index contributed by atoms with van der Waals surface area (Å²) in [6, 6.07) is 16.6. The summed E-state index contributed by atoms with van der Waals surface area (Å²) in [5, 5.41) is 2.43. The van der Waals surface area contributed by atoms with Crippen molar-refractivity contribution in [2.24, 2.45) is 10.7 Å². The van der Waals surface area contributed by atoms with E-state index in [1.807, 2.05) is 54.3 Å². The zero-order valence-electron chi connectivity index (χ0n) is 21.2. The average molecular weight is 540 g/mol. The molecular formula is C27H30FN5O4S. The van der Waals surface area contributed by atoms with Gasteiger partial charge in [0.15, 0.2) is 14.6 Å². The van der Waals surface area contributed by atoms with E-state index in [0.717, 1.165) is 17.0 Å². The molecule has 2 aromatic carbocycles. The number of halogens is 1. The molecule has 3 aromatic rings. The molecule has 0 bridgehead atoms. The van der Waals surface area contributed by atoms with Crippen LogP contribution in [0.1, 0.15) is 22.9 Å². The van der Waals surface area contributed by atoms with Gasteiger partial charge in [-0.2, -0.15) is 0 Å². The highest BCUT2D eigenvalue weighted by atomic mass is 32.2. The number of likely N-dealkylation sites (tertiary alicyclic amines) is 1. The standard InChI is InChI=1S/C20H21FN4O3S.C7H9NO/c21-17-7-6-15(23-13-26)8-16(17)18-10-29(27,28)20(19(22)24-18)11-25(12-20)9-14-4-2-1-3-5-14;1-6-3-4-7(9-2)5-8-6/h1-8,13,18H,9-12H2,(H2,22,24)(H,23,26);3-5H,1-2H3. The lowest BCUT2D eigenvalue weighted by Crippen LogP contribution is -2.73. The van der Waals surface area contributed by atoms with Crippen molar-refractivity contribution in [1.82, 2.24) is 9.88 Å². The van der Waals surface area contributed by atoms with Gasteiger partial charge in [0.25, 0.3) is 0 Å². The Hall–Kier alpha value is -3.83. The topological polar surface area (TPSA) is 127 Å². The normalized spacial score (nSPS) is 19.3. The number of methoxy groups -OCH3 is 1. The summed E-state index contributed by atoms with van der Waals surface area (Å²) >= 11 is 0. The zero-order chi connectivity index (χ0) is 27.3. The number of aryl methyl sites for hydroxylation is 1. The molecule has 200 valence electrons. The van der Waals surface area contributed by atoms with Gasteiger partial charge in [0.05, 0.1) is 25.1 Å². The smallest absolute Gasteiger partial charge is 0.211 e. The van der Waals surface area contributed by atoms with Crippen LogP contribution < -0.4 is 15.8 Å². The van der Waals surface area contributed by atoms with E-state index in [2.05, 4.69) is 15.3 Å². The third-order valence-corrected chi connectivity index (χ3v) is 9.05. The Labute approximate surface area is 221 Å². The number of amides is 1. The maximum Gasteiger partial charge on any atom is 0.211 e. The van der Waals surface area contributed by atoms with Crippen LogP contribution in [-0.4, -0.2) is 61.2 Å². The van der Waals surface area contributed by atoms with Crippen molar-refractivity contribution < 1.29 is 22.3 Å². The van der Waals surface area contributed by atoms with Crippen LogP contribution in [0.15, 0.2) is 71.9 Å². The number of nitrogens with zero attached hydrogens (tertiary/aromatic N) is 3. The third kappa shape index (κ3) is 5.68. The van der Waals surface area contributed by atoms with Gasteiger partial charge in [0, 0.05) is 36.6 Å². The van der Waals surface area contributed by atoms with E-state index in [4.69, 9.17) is 10.5 Å². The van der Waals surface area contributed by atoms with Crippen LogP contribution in [-0.2, 0) is 21.2 Å². The zero-order valence-corrected chi connectivity index (χ0v) is 22.0. The van der Waals surface area contributed by atoms with Crippen LogP contribution in [0.25, 0.3) is 0 Å². The fourth-order valence-corrected chi connectivity index (χ4v) is 6.65. The first-order valence-electron chi connectivity index (χ1n) is 12.0. The number of nitrogens with two attached hydrogens (primary N) is 1. The first-order chi connectivity index (χ1) is 18.2. The summed E-state index contributed by atoms with van der Waals surface area (Å²) < 4.78 is 44.3. The molecule has 1 aromatic heterocycles. The largest absolute Gasteiger partial charge is 0.495 e. The van der Waals surface area contributed by atoms with Crippen molar-refractivity contribution >= 4 is 27.8 Å². The molecule has 2 aliphatic heterocycles. The van der Waals surface area contributed by atoms with E-state index < -0.39 is 26.4 Å². The molecular weight excluding hydrogens is 509 g/mol. The number of hydrogen-bond donors (Lipinski definition) is 2. The van der Waals surface area contributed by atoms with Crippen LogP contribution in [0.5, 0.6) is 5.75 Å². The second kappa shape index (κ2) is 11.3. The maximum atomic E-state index is 14.3. The highest BCUT2D eigenvalue weighted by Gasteiger charge is 2.58. The first kappa shape index (κ1) is 27.2. The summed E-state index contributed by atoms with van der Waals surface area (Å²) in [7, 11) is -2.02. The summed E-state index contributed by atoms with van der Waals surface area (Å²) in [6.45, 7) is 3.10. The summed E-state index contributed by atoms with van der Waals surface area (Å²) in [6.07, 6.45) is 2.17. The molecule has 2 aliphatic rings. The van der Waals surface area contributed by atoms with E-state index >= 15 is 0 Å². The molecule has 1 saturated heterocycles. The SMILES string of the molecule is COc1ccc(C)nc1.NC1=NC(c2cc(NC=O)ccc2F)CS(=O)(=O)C12CN(Cc1ccccc1)C2. The predicted octanol–water partition coefficient (Wildman–Crippen LogP) is 2.87. The predicted molar refractivity (Wildman–Crippen MR) is 144 cm³/mol. The van der Waals surface area contributed by atoms with Crippen molar-refractivity contribution in [3.8, 4) is 5.75 Å². The van der Waals surface area contributed by atoms with Crippen molar-refractivity contribution in [2.75, 3.05) is 31.3 Å². The van der Waals surface area contributed by atoms with Gasteiger partial charge in [-0.05, 0) is 42.8 Å². The fourth-order valence-electron chi connectivity index (χ4n) is 4.53. The average Bonchev–Trinajstić information content (AvgIpc) is 2.87.